The predicted molar refractivity (Wildman–Crippen MR) is 65.9 cm³/mol. The Hall–Kier alpha value is -1.58. The van der Waals surface area contributed by atoms with Gasteiger partial charge in [0.15, 0.2) is 0 Å². The largest absolute Gasteiger partial charge is 0.478 e. The van der Waals surface area contributed by atoms with Crippen LogP contribution in [0.5, 0.6) is 5.88 Å². The monoisotopic (exact) mass is 221 g/mol. The molecular weight excluding hydrogens is 202 g/mol. The van der Waals surface area contributed by atoms with Crippen LogP contribution in [0.1, 0.15) is 26.3 Å². The van der Waals surface area contributed by atoms with Crippen LogP contribution in [0.2, 0.25) is 0 Å². The van der Waals surface area contributed by atoms with E-state index < -0.39 is 0 Å². The van der Waals surface area contributed by atoms with Crippen molar-refractivity contribution in [2.45, 2.75) is 27.7 Å². The number of anilines is 1. The van der Waals surface area contributed by atoms with E-state index in [4.69, 9.17) is 4.74 Å². The maximum Gasteiger partial charge on any atom is 0.221 e. The Bertz CT molecular complexity index is 371. The van der Waals surface area contributed by atoms with E-state index in [2.05, 4.69) is 35.2 Å². The van der Waals surface area contributed by atoms with E-state index in [1.54, 1.807) is 0 Å². The van der Waals surface area contributed by atoms with E-state index in [1.807, 2.05) is 13.8 Å². The maximum absolute atomic E-state index is 5.40. The second-order valence-corrected chi connectivity index (χ2v) is 3.75. The number of hydrogen-bond acceptors (Lipinski definition) is 4. The van der Waals surface area contributed by atoms with Crippen LogP contribution in [0.15, 0.2) is 18.0 Å². The summed E-state index contributed by atoms with van der Waals surface area (Å²) < 4.78 is 5.40. The summed E-state index contributed by atoms with van der Waals surface area (Å²) in [6.07, 6.45) is 3.63. The van der Waals surface area contributed by atoms with Crippen LogP contribution >= 0.6 is 0 Å². The highest BCUT2D eigenvalue weighted by molar-refractivity contribution is 5.47. The zero-order chi connectivity index (χ0) is 12.0. The summed E-state index contributed by atoms with van der Waals surface area (Å²) in [7, 11) is 0. The molecule has 16 heavy (non-hydrogen) atoms. The molecule has 0 atom stereocenters. The number of allylic oxidation sites excluding steroid dienone is 1. The second kappa shape index (κ2) is 6.10. The number of aromatic nitrogens is 2. The quantitative estimate of drug-likeness (QED) is 0.776. The second-order valence-electron chi connectivity index (χ2n) is 3.75. The van der Waals surface area contributed by atoms with Gasteiger partial charge in [0, 0.05) is 6.54 Å². The fourth-order valence-corrected chi connectivity index (χ4v) is 1.25. The molecule has 0 fully saturated rings. The third-order valence-electron chi connectivity index (χ3n) is 2.10. The molecule has 88 valence electrons. The lowest BCUT2D eigenvalue weighted by Gasteiger charge is -2.10. The van der Waals surface area contributed by atoms with Crippen molar-refractivity contribution in [1.29, 1.82) is 0 Å². The average Bonchev–Trinajstić information content (AvgIpc) is 2.23. The van der Waals surface area contributed by atoms with Crippen LogP contribution in [-0.4, -0.2) is 23.1 Å². The van der Waals surface area contributed by atoms with Gasteiger partial charge in [0.1, 0.15) is 12.1 Å². The average molecular weight is 221 g/mol. The fraction of sp³-hybridized carbons (Fsp3) is 0.500. The Morgan fingerprint density at radius 1 is 1.44 bits per heavy atom. The smallest absolute Gasteiger partial charge is 0.221 e. The lowest BCUT2D eigenvalue weighted by Crippen LogP contribution is -2.06. The summed E-state index contributed by atoms with van der Waals surface area (Å²) in [4.78, 5) is 8.27. The molecule has 4 heteroatoms. The maximum atomic E-state index is 5.40. The third-order valence-corrected chi connectivity index (χ3v) is 2.10. The van der Waals surface area contributed by atoms with Gasteiger partial charge in [-0.15, -0.1) is 0 Å². The molecule has 0 aliphatic heterocycles. The Morgan fingerprint density at radius 2 is 2.19 bits per heavy atom. The normalized spacial score (nSPS) is 9.75. The minimum absolute atomic E-state index is 0.616. The van der Waals surface area contributed by atoms with Crippen LogP contribution in [-0.2, 0) is 0 Å². The van der Waals surface area contributed by atoms with Crippen molar-refractivity contribution in [2.75, 3.05) is 18.5 Å². The van der Waals surface area contributed by atoms with Crippen molar-refractivity contribution >= 4 is 5.82 Å². The van der Waals surface area contributed by atoms with Crippen molar-refractivity contribution in [3.05, 3.63) is 23.5 Å². The molecule has 1 aromatic heterocycles. The minimum atomic E-state index is 0.616. The molecule has 1 aromatic rings. The summed E-state index contributed by atoms with van der Waals surface area (Å²) in [5, 5.41) is 3.24. The first-order valence-electron chi connectivity index (χ1n) is 5.46. The van der Waals surface area contributed by atoms with Gasteiger partial charge in [-0.2, -0.15) is 0 Å². The molecule has 0 saturated heterocycles. The molecule has 0 aliphatic rings. The van der Waals surface area contributed by atoms with Crippen molar-refractivity contribution < 1.29 is 4.74 Å². The number of nitrogens with one attached hydrogen (secondary N) is 1. The van der Waals surface area contributed by atoms with E-state index in [9.17, 15) is 0 Å². The molecule has 4 nitrogen and oxygen atoms in total. The Kier molecular flexibility index (Phi) is 4.76. The lowest BCUT2D eigenvalue weighted by molar-refractivity contribution is 0.324. The Labute approximate surface area is 96.8 Å². The molecule has 0 radical (unpaired) electrons. The molecule has 0 spiro atoms. The molecule has 1 heterocycles. The number of nitrogens with zero attached hydrogens (tertiary/aromatic N) is 2. The molecule has 1 N–H and O–H groups in total. The molecule has 0 bridgehead atoms. The van der Waals surface area contributed by atoms with Gasteiger partial charge >= 0.3 is 0 Å². The van der Waals surface area contributed by atoms with Crippen LogP contribution < -0.4 is 10.1 Å². The highest BCUT2D eigenvalue weighted by Gasteiger charge is 2.06. The number of hydrogen-bond donors (Lipinski definition) is 1. The molecule has 1 rings (SSSR count). The Balaban J connectivity index is 2.73. The topological polar surface area (TPSA) is 47.0 Å². The van der Waals surface area contributed by atoms with E-state index in [0.29, 0.717) is 12.5 Å². The number of ether oxygens (including phenoxy) is 1. The molecule has 0 aromatic carbocycles. The summed E-state index contributed by atoms with van der Waals surface area (Å²) in [6.45, 7) is 9.42. The zero-order valence-corrected chi connectivity index (χ0v) is 10.4. The zero-order valence-electron chi connectivity index (χ0n) is 10.4. The standard InChI is InChI=1S/C12H19N3O/c1-5-16-12-10(4)11(14-8-15-12)13-7-6-9(2)3/h6,8H,5,7H2,1-4H3,(H,13,14,15). The van der Waals surface area contributed by atoms with E-state index >= 15 is 0 Å². The SMILES string of the molecule is CCOc1ncnc(NCC=C(C)C)c1C. The summed E-state index contributed by atoms with van der Waals surface area (Å²) in [5.41, 5.74) is 2.23. The summed E-state index contributed by atoms with van der Waals surface area (Å²) in [6, 6.07) is 0. The van der Waals surface area contributed by atoms with Crippen LogP contribution in [0.4, 0.5) is 5.82 Å². The van der Waals surface area contributed by atoms with Gasteiger partial charge in [-0.05, 0) is 27.7 Å². The van der Waals surface area contributed by atoms with Gasteiger partial charge in [0.05, 0.1) is 12.2 Å². The fourth-order valence-electron chi connectivity index (χ4n) is 1.25. The lowest BCUT2D eigenvalue weighted by atomic mass is 10.3. The van der Waals surface area contributed by atoms with E-state index in [1.165, 1.54) is 11.9 Å². The predicted octanol–water partition coefficient (Wildman–Crippen LogP) is 2.56. The molecular formula is C12H19N3O. The number of rotatable bonds is 5. The van der Waals surface area contributed by atoms with Crippen molar-refractivity contribution in [3.8, 4) is 5.88 Å². The molecule has 0 saturated carbocycles. The third kappa shape index (κ3) is 3.53. The van der Waals surface area contributed by atoms with Gasteiger partial charge in [-0.25, -0.2) is 9.97 Å². The van der Waals surface area contributed by atoms with Crippen LogP contribution in [0, 0.1) is 6.92 Å². The molecule has 0 amide bonds. The van der Waals surface area contributed by atoms with Gasteiger partial charge in [-0.1, -0.05) is 11.6 Å². The van der Waals surface area contributed by atoms with Gasteiger partial charge < -0.3 is 10.1 Å². The first-order chi connectivity index (χ1) is 7.65. The highest BCUT2D eigenvalue weighted by atomic mass is 16.5. The van der Waals surface area contributed by atoms with Crippen LogP contribution in [0.3, 0.4) is 0 Å². The van der Waals surface area contributed by atoms with Gasteiger partial charge in [0.25, 0.3) is 0 Å². The first kappa shape index (κ1) is 12.5. The van der Waals surface area contributed by atoms with Crippen molar-refractivity contribution in [3.63, 3.8) is 0 Å². The van der Waals surface area contributed by atoms with Gasteiger partial charge in [-0.3, -0.25) is 0 Å². The molecule has 0 aliphatic carbocycles. The highest BCUT2D eigenvalue weighted by Crippen LogP contribution is 2.19. The van der Waals surface area contributed by atoms with Gasteiger partial charge in [0.2, 0.25) is 5.88 Å². The summed E-state index contributed by atoms with van der Waals surface area (Å²) in [5.74, 6) is 1.48. The van der Waals surface area contributed by atoms with E-state index in [-0.39, 0.29) is 0 Å². The van der Waals surface area contributed by atoms with Crippen LogP contribution in [0.25, 0.3) is 0 Å². The first-order valence-corrected chi connectivity index (χ1v) is 5.46. The Morgan fingerprint density at radius 3 is 2.81 bits per heavy atom. The van der Waals surface area contributed by atoms with E-state index in [0.717, 1.165) is 17.9 Å². The minimum Gasteiger partial charge on any atom is -0.478 e. The van der Waals surface area contributed by atoms with Crippen molar-refractivity contribution in [1.82, 2.24) is 9.97 Å². The summed E-state index contributed by atoms with van der Waals surface area (Å²) >= 11 is 0. The van der Waals surface area contributed by atoms with Crippen molar-refractivity contribution in [2.24, 2.45) is 0 Å². The molecule has 0 unspecified atom stereocenters.